The molecule has 0 aliphatic carbocycles. The molecular weight excluding hydrogens is 336 g/mol. The van der Waals surface area contributed by atoms with E-state index < -0.39 is 0 Å². The zero-order valence-corrected chi connectivity index (χ0v) is 14.4. The van der Waals surface area contributed by atoms with Crippen LogP contribution in [0.3, 0.4) is 0 Å². The van der Waals surface area contributed by atoms with Gasteiger partial charge in [0.25, 0.3) is 0 Å². The van der Waals surface area contributed by atoms with E-state index in [1.54, 1.807) is 24.3 Å². The first kappa shape index (κ1) is 18.3. The molecule has 0 radical (unpaired) electrons. The van der Waals surface area contributed by atoms with Gasteiger partial charge in [-0.05, 0) is 54.3 Å². The number of amides is 1. The Morgan fingerprint density at radius 2 is 1.77 bits per heavy atom. The fraction of sp³-hybridized carbons (Fsp3) is 0.286. The van der Waals surface area contributed by atoms with Crippen molar-refractivity contribution in [3.63, 3.8) is 0 Å². The Kier molecular flexibility index (Phi) is 5.78. The Bertz CT molecular complexity index is 798. The van der Waals surface area contributed by atoms with E-state index in [4.69, 9.17) is 4.74 Å². The van der Waals surface area contributed by atoms with Gasteiger partial charge in [-0.3, -0.25) is 4.79 Å². The van der Waals surface area contributed by atoms with Crippen LogP contribution in [0.25, 0.3) is 6.08 Å². The number of nitrogens with one attached hydrogen (secondary N) is 1. The summed E-state index contributed by atoms with van der Waals surface area (Å²) in [5.41, 5.74) is 1.14. The van der Waals surface area contributed by atoms with Crippen LogP contribution in [0.4, 0.5) is 8.78 Å². The summed E-state index contributed by atoms with van der Waals surface area (Å²) >= 11 is 0. The van der Waals surface area contributed by atoms with Crippen molar-refractivity contribution in [2.24, 2.45) is 0 Å². The maximum atomic E-state index is 13.7. The molecule has 26 heavy (non-hydrogen) atoms. The molecule has 0 aromatic heterocycles. The minimum atomic E-state index is -0.347. The van der Waals surface area contributed by atoms with E-state index in [0.29, 0.717) is 38.2 Å². The molecular formula is C21H21F2NO2. The van der Waals surface area contributed by atoms with Crippen LogP contribution < -0.4 is 5.32 Å². The molecule has 0 atom stereocenters. The standard InChI is InChI=1S/C21H21F2NO2/c22-18-5-1-3-16(13-18)7-8-20(25)24-15-21(9-11-26-12-10-21)17-4-2-6-19(23)14-17/h1-8,13-14H,9-12,15H2,(H,24,25). The number of carbonyl (C=O) groups excluding carboxylic acids is 1. The lowest BCUT2D eigenvalue weighted by atomic mass is 9.74. The first-order valence-electron chi connectivity index (χ1n) is 8.63. The lowest BCUT2D eigenvalue weighted by Crippen LogP contribution is -2.44. The highest BCUT2D eigenvalue weighted by molar-refractivity contribution is 5.91. The Hall–Kier alpha value is -2.53. The lowest BCUT2D eigenvalue weighted by molar-refractivity contribution is -0.116. The first-order chi connectivity index (χ1) is 12.6. The van der Waals surface area contributed by atoms with Gasteiger partial charge in [0.15, 0.2) is 0 Å². The van der Waals surface area contributed by atoms with Crippen molar-refractivity contribution in [2.75, 3.05) is 19.8 Å². The number of halogens is 2. The fourth-order valence-electron chi connectivity index (χ4n) is 3.25. The van der Waals surface area contributed by atoms with Crippen LogP contribution in [0, 0.1) is 11.6 Å². The highest BCUT2D eigenvalue weighted by atomic mass is 19.1. The SMILES string of the molecule is O=C(C=Cc1cccc(F)c1)NCC1(c2cccc(F)c2)CCOCC1. The molecule has 0 spiro atoms. The van der Waals surface area contributed by atoms with Crippen LogP contribution in [0.15, 0.2) is 54.6 Å². The molecule has 2 aromatic carbocycles. The number of hydrogen-bond donors (Lipinski definition) is 1. The molecule has 1 heterocycles. The molecule has 1 amide bonds. The van der Waals surface area contributed by atoms with Crippen LogP contribution in [0.1, 0.15) is 24.0 Å². The summed E-state index contributed by atoms with van der Waals surface area (Å²) in [6.45, 7) is 1.54. The van der Waals surface area contributed by atoms with Gasteiger partial charge in [-0.15, -0.1) is 0 Å². The minimum Gasteiger partial charge on any atom is -0.381 e. The molecule has 3 rings (SSSR count). The second-order valence-corrected chi connectivity index (χ2v) is 6.51. The topological polar surface area (TPSA) is 38.3 Å². The summed E-state index contributed by atoms with van der Waals surface area (Å²) in [4.78, 5) is 12.2. The number of ether oxygens (including phenoxy) is 1. The smallest absolute Gasteiger partial charge is 0.244 e. The Labute approximate surface area is 151 Å². The van der Waals surface area contributed by atoms with Crippen molar-refractivity contribution in [1.82, 2.24) is 5.32 Å². The molecule has 136 valence electrons. The molecule has 2 aromatic rings. The summed E-state index contributed by atoms with van der Waals surface area (Å²) < 4.78 is 32.3. The van der Waals surface area contributed by atoms with Crippen molar-refractivity contribution >= 4 is 12.0 Å². The predicted octanol–water partition coefficient (Wildman–Crippen LogP) is 3.84. The van der Waals surface area contributed by atoms with E-state index in [-0.39, 0.29) is 23.0 Å². The molecule has 1 N–H and O–H groups in total. The van der Waals surface area contributed by atoms with Crippen LogP contribution in [0.2, 0.25) is 0 Å². The van der Waals surface area contributed by atoms with Crippen LogP contribution in [-0.2, 0) is 14.9 Å². The predicted molar refractivity (Wildman–Crippen MR) is 96.6 cm³/mol. The van der Waals surface area contributed by atoms with E-state index in [1.165, 1.54) is 30.3 Å². The second kappa shape index (κ2) is 8.23. The van der Waals surface area contributed by atoms with Crippen LogP contribution in [0.5, 0.6) is 0 Å². The molecule has 1 aliphatic heterocycles. The number of carbonyl (C=O) groups is 1. The van der Waals surface area contributed by atoms with Crippen molar-refractivity contribution in [2.45, 2.75) is 18.3 Å². The van der Waals surface area contributed by atoms with Crippen molar-refractivity contribution in [1.29, 1.82) is 0 Å². The first-order valence-corrected chi connectivity index (χ1v) is 8.63. The molecule has 0 unspecified atom stereocenters. The van der Waals surface area contributed by atoms with Gasteiger partial charge in [0.2, 0.25) is 5.91 Å². The van der Waals surface area contributed by atoms with Crippen molar-refractivity contribution in [3.8, 4) is 0 Å². The Morgan fingerprint density at radius 3 is 2.46 bits per heavy atom. The lowest BCUT2D eigenvalue weighted by Gasteiger charge is -2.37. The fourth-order valence-corrected chi connectivity index (χ4v) is 3.25. The minimum absolute atomic E-state index is 0.267. The zero-order valence-electron chi connectivity index (χ0n) is 14.4. The van der Waals surface area contributed by atoms with E-state index in [2.05, 4.69) is 5.32 Å². The highest BCUT2D eigenvalue weighted by Crippen LogP contribution is 2.34. The van der Waals surface area contributed by atoms with Crippen molar-refractivity contribution < 1.29 is 18.3 Å². The van der Waals surface area contributed by atoms with Gasteiger partial charge in [-0.1, -0.05) is 24.3 Å². The largest absolute Gasteiger partial charge is 0.381 e. The Balaban J connectivity index is 1.69. The summed E-state index contributed by atoms with van der Waals surface area (Å²) in [5, 5.41) is 2.90. The van der Waals surface area contributed by atoms with Crippen molar-refractivity contribution in [3.05, 3.63) is 77.4 Å². The van der Waals surface area contributed by atoms with Gasteiger partial charge in [0, 0.05) is 31.2 Å². The van der Waals surface area contributed by atoms with Crippen LogP contribution >= 0.6 is 0 Å². The van der Waals surface area contributed by atoms with Gasteiger partial charge < -0.3 is 10.1 Å². The van der Waals surface area contributed by atoms with Gasteiger partial charge in [-0.25, -0.2) is 8.78 Å². The monoisotopic (exact) mass is 357 g/mol. The molecule has 1 saturated heterocycles. The van der Waals surface area contributed by atoms with E-state index >= 15 is 0 Å². The molecule has 3 nitrogen and oxygen atoms in total. The maximum Gasteiger partial charge on any atom is 0.244 e. The molecule has 1 aliphatic rings. The van der Waals surface area contributed by atoms with E-state index in [1.807, 2.05) is 6.07 Å². The van der Waals surface area contributed by atoms with Gasteiger partial charge in [0.05, 0.1) is 0 Å². The van der Waals surface area contributed by atoms with Crippen LogP contribution in [-0.4, -0.2) is 25.7 Å². The molecule has 1 fully saturated rings. The average molecular weight is 357 g/mol. The highest BCUT2D eigenvalue weighted by Gasteiger charge is 2.34. The molecule has 0 bridgehead atoms. The number of rotatable bonds is 5. The molecule has 0 saturated carbocycles. The second-order valence-electron chi connectivity index (χ2n) is 6.51. The number of benzene rings is 2. The average Bonchev–Trinajstić information content (AvgIpc) is 2.65. The normalized spacial score (nSPS) is 16.5. The summed E-state index contributed by atoms with van der Waals surface area (Å²) in [7, 11) is 0. The maximum absolute atomic E-state index is 13.7. The third-order valence-electron chi connectivity index (χ3n) is 4.76. The number of hydrogen-bond acceptors (Lipinski definition) is 2. The van der Waals surface area contributed by atoms with Gasteiger partial charge >= 0.3 is 0 Å². The van der Waals surface area contributed by atoms with E-state index in [0.717, 1.165) is 5.56 Å². The quantitative estimate of drug-likeness (QED) is 0.826. The summed E-state index contributed by atoms with van der Waals surface area (Å²) in [5.74, 6) is -0.901. The molecule has 5 heteroatoms. The summed E-state index contributed by atoms with van der Waals surface area (Å²) in [6, 6.07) is 12.5. The third kappa shape index (κ3) is 4.55. The summed E-state index contributed by atoms with van der Waals surface area (Å²) in [6.07, 6.45) is 4.37. The van der Waals surface area contributed by atoms with Gasteiger partial charge in [0.1, 0.15) is 11.6 Å². The zero-order chi connectivity index (χ0) is 18.4. The Morgan fingerprint density at radius 1 is 1.08 bits per heavy atom. The van der Waals surface area contributed by atoms with E-state index in [9.17, 15) is 13.6 Å². The van der Waals surface area contributed by atoms with Gasteiger partial charge in [-0.2, -0.15) is 0 Å². The third-order valence-corrected chi connectivity index (χ3v) is 4.76.